The molecule has 0 bridgehead atoms. The molecule has 8 unspecified atom stereocenters. The molecule has 1 rings (SSSR count). The molecule has 1 aliphatic rings. The maximum atomic E-state index is 13.3. The predicted octanol–water partition coefficient (Wildman–Crippen LogP) is 14.9. The monoisotopic (exact) mass is 1050 g/mol. The van der Waals surface area contributed by atoms with Crippen LogP contribution in [-0.2, 0) is 23.8 Å². The molecule has 0 aromatic heterocycles. The second-order valence-corrected chi connectivity index (χ2v) is 22.1. The number of carbonyl (C=O) groups excluding carboxylic acids is 2. The number of aliphatic hydroxyl groups excluding tert-OH is 5. The summed E-state index contributed by atoms with van der Waals surface area (Å²) >= 11 is 0. The van der Waals surface area contributed by atoms with Crippen molar-refractivity contribution < 1.29 is 49.3 Å². The first-order valence-electron chi connectivity index (χ1n) is 31.6. The van der Waals surface area contributed by atoms with Crippen molar-refractivity contribution in [3.8, 4) is 0 Å². The van der Waals surface area contributed by atoms with Gasteiger partial charge in [-0.05, 0) is 44.9 Å². The number of amides is 1. The van der Waals surface area contributed by atoms with Crippen LogP contribution in [0.1, 0.15) is 303 Å². The van der Waals surface area contributed by atoms with E-state index in [1.807, 2.05) is 6.08 Å². The van der Waals surface area contributed by atoms with Crippen LogP contribution in [0.25, 0.3) is 0 Å². The van der Waals surface area contributed by atoms with Crippen LogP contribution in [0.15, 0.2) is 24.3 Å². The summed E-state index contributed by atoms with van der Waals surface area (Å²) in [6.45, 7) is 5.76. The molecule has 0 aliphatic carbocycles. The van der Waals surface area contributed by atoms with Gasteiger partial charge in [-0.3, -0.25) is 9.59 Å². The molecule has 436 valence electrons. The van der Waals surface area contributed by atoms with E-state index >= 15 is 0 Å². The van der Waals surface area contributed by atoms with Gasteiger partial charge in [0.1, 0.15) is 24.4 Å². The standard InChI is InChI=1S/C63H119NO10/c1-4-7-10-13-16-19-22-24-25-26-27-28-29-30-31-32-33-34-36-39-42-45-48-51-58(68)74-61-60(70)59(69)57(52-65)73-63(61)72-53-54(55(66)49-46-43-40-38-35-23-20-17-14-11-8-5-2)64-62(71)56(67)50-47-44-41-37-21-18-15-12-9-6-3/h15,18,46,49,54-57,59-61,63,65-67,69-70H,4-14,16-17,19-45,47-48,50-53H2,1-3H3,(H,64,71)/b18-15-,49-46+. The number of rotatable bonds is 54. The lowest BCUT2D eigenvalue weighted by Crippen LogP contribution is -2.61. The van der Waals surface area contributed by atoms with Crippen LogP contribution >= 0.6 is 0 Å². The Hall–Kier alpha value is -1.86. The van der Waals surface area contributed by atoms with E-state index in [1.54, 1.807) is 6.08 Å². The first kappa shape index (κ1) is 70.2. The number of esters is 1. The summed E-state index contributed by atoms with van der Waals surface area (Å²) in [5.41, 5.74) is 0. The molecular weight excluding hydrogens is 931 g/mol. The van der Waals surface area contributed by atoms with E-state index in [0.29, 0.717) is 12.8 Å². The first-order chi connectivity index (χ1) is 36.2. The summed E-state index contributed by atoms with van der Waals surface area (Å²) in [5.74, 6) is -1.19. The SMILES string of the molecule is CCCC/C=C\CCCCCCC(O)C(=O)NC(COC1OC(CO)C(O)C(O)C1OC(=O)CCCCCCCCCCCCCCCCCCCCCCCCC)C(O)/C=C/CCCCCCCCCCCC. The van der Waals surface area contributed by atoms with E-state index in [0.717, 1.165) is 70.6 Å². The quantitative estimate of drug-likeness (QED) is 0.0195. The van der Waals surface area contributed by atoms with Crippen LogP contribution in [0.3, 0.4) is 0 Å². The summed E-state index contributed by atoms with van der Waals surface area (Å²) in [4.78, 5) is 26.5. The number of hydrogen-bond acceptors (Lipinski definition) is 10. The second-order valence-electron chi connectivity index (χ2n) is 22.1. The maximum Gasteiger partial charge on any atom is 0.306 e. The van der Waals surface area contributed by atoms with Gasteiger partial charge >= 0.3 is 5.97 Å². The average molecular weight is 1050 g/mol. The van der Waals surface area contributed by atoms with Crippen molar-refractivity contribution in [2.24, 2.45) is 0 Å². The molecule has 0 aromatic carbocycles. The summed E-state index contributed by atoms with van der Waals surface area (Å²) in [6.07, 6.45) is 49.5. The minimum absolute atomic E-state index is 0.129. The van der Waals surface area contributed by atoms with Gasteiger partial charge in [-0.1, -0.05) is 276 Å². The van der Waals surface area contributed by atoms with Gasteiger partial charge in [0.15, 0.2) is 12.4 Å². The highest BCUT2D eigenvalue weighted by atomic mass is 16.7. The molecule has 11 nitrogen and oxygen atoms in total. The molecule has 1 amide bonds. The van der Waals surface area contributed by atoms with E-state index < -0.39 is 67.4 Å². The highest BCUT2D eigenvalue weighted by Gasteiger charge is 2.47. The van der Waals surface area contributed by atoms with Crippen molar-refractivity contribution in [3.63, 3.8) is 0 Å². The molecule has 8 atom stereocenters. The van der Waals surface area contributed by atoms with Crippen LogP contribution in [0.2, 0.25) is 0 Å². The van der Waals surface area contributed by atoms with Crippen molar-refractivity contribution in [1.29, 1.82) is 0 Å². The fourth-order valence-corrected chi connectivity index (χ4v) is 10.0. The fraction of sp³-hybridized carbons (Fsp3) is 0.905. The smallest absolute Gasteiger partial charge is 0.306 e. The normalized spacial score (nSPS) is 19.4. The van der Waals surface area contributed by atoms with Gasteiger partial charge in [-0.15, -0.1) is 0 Å². The summed E-state index contributed by atoms with van der Waals surface area (Å²) < 4.78 is 17.6. The van der Waals surface area contributed by atoms with Crippen molar-refractivity contribution in [1.82, 2.24) is 5.32 Å². The van der Waals surface area contributed by atoms with Crippen molar-refractivity contribution >= 4 is 11.9 Å². The Morgan fingerprint density at radius 3 is 1.35 bits per heavy atom. The van der Waals surface area contributed by atoms with Crippen LogP contribution in [0.4, 0.5) is 0 Å². The summed E-state index contributed by atoms with van der Waals surface area (Å²) in [6, 6.07) is -1.02. The molecule has 1 fully saturated rings. The Kier molecular flexibility index (Phi) is 49.2. The minimum atomic E-state index is -1.61. The van der Waals surface area contributed by atoms with Crippen LogP contribution in [0.5, 0.6) is 0 Å². The van der Waals surface area contributed by atoms with E-state index in [1.165, 1.54) is 186 Å². The van der Waals surface area contributed by atoms with Crippen molar-refractivity contribution in [3.05, 3.63) is 24.3 Å². The zero-order chi connectivity index (χ0) is 54.0. The van der Waals surface area contributed by atoms with Crippen molar-refractivity contribution in [2.75, 3.05) is 13.2 Å². The lowest BCUT2D eigenvalue weighted by atomic mass is 9.99. The molecule has 0 spiro atoms. The summed E-state index contributed by atoms with van der Waals surface area (Å²) in [7, 11) is 0. The fourth-order valence-electron chi connectivity index (χ4n) is 10.0. The molecule has 0 aromatic rings. The number of aliphatic hydroxyl groups is 5. The van der Waals surface area contributed by atoms with E-state index in [2.05, 4.69) is 38.2 Å². The van der Waals surface area contributed by atoms with E-state index in [9.17, 15) is 35.1 Å². The minimum Gasteiger partial charge on any atom is -0.454 e. The lowest BCUT2D eigenvalue weighted by molar-refractivity contribution is -0.305. The topological polar surface area (TPSA) is 175 Å². The average Bonchev–Trinajstić information content (AvgIpc) is 3.40. The Balaban J connectivity index is 2.57. The van der Waals surface area contributed by atoms with E-state index in [-0.39, 0.29) is 19.4 Å². The van der Waals surface area contributed by atoms with Gasteiger partial charge in [0.25, 0.3) is 0 Å². The highest BCUT2D eigenvalue weighted by Crippen LogP contribution is 2.26. The molecule has 0 saturated carbocycles. The molecule has 11 heteroatoms. The molecule has 0 radical (unpaired) electrons. The molecule has 6 N–H and O–H groups in total. The predicted molar refractivity (Wildman–Crippen MR) is 306 cm³/mol. The Morgan fingerprint density at radius 1 is 0.514 bits per heavy atom. The Labute approximate surface area is 454 Å². The first-order valence-corrected chi connectivity index (χ1v) is 31.6. The Bertz CT molecular complexity index is 1300. The number of hydrogen-bond donors (Lipinski definition) is 6. The third-order valence-corrected chi connectivity index (χ3v) is 15.1. The maximum absolute atomic E-state index is 13.3. The number of nitrogens with one attached hydrogen (secondary N) is 1. The molecule has 1 saturated heterocycles. The number of unbranched alkanes of at least 4 members (excludes halogenated alkanes) is 38. The molecule has 74 heavy (non-hydrogen) atoms. The van der Waals surface area contributed by atoms with Crippen LogP contribution in [0, 0.1) is 0 Å². The van der Waals surface area contributed by atoms with Crippen LogP contribution in [-0.4, -0.2) is 99.6 Å². The Morgan fingerprint density at radius 2 is 0.905 bits per heavy atom. The second kappa shape index (κ2) is 51.9. The third-order valence-electron chi connectivity index (χ3n) is 15.1. The lowest BCUT2D eigenvalue weighted by Gasteiger charge is -2.41. The van der Waals surface area contributed by atoms with Crippen molar-refractivity contribution in [2.45, 2.75) is 352 Å². The molecule has 1 heterocycles. The number of ether oxygens (including phenoxy) is 3. The van der Waals surface area contributed by atoms with Gasteiger partial charge in [0.2, 0.25) is 5.91 Å². The van der Waals surface area contributed by atoms with Gasteiger partial charge in [0, 0.05) is 6.42 Å². The molecular formula is C63H119NO10. The zero-order valence-corrected chi connectivity index (χ0v) is 48.2. The van der Waals surface area contributed by atoms with Gasteiger partial charge in [0.05, 0.1) is 25.4 Å². The zero-order valence-electron chi connectivity index (χ0n) is 48.2. The van der Waals surface area contributed by atoms with Crippen LogP contribution < -0.4 is 5.32 Å². The number of allylic oxidation sites excluding steroid dienone is 3. The van der Waals surface area contributed by atoms with Gasteiger partial charge in [-0.25, -0.2) is 0 Å². The van der Waals surface area contributed by atoms with Gasteiger partial charge in [-0.2, -0.15) is 0 Å². The largest absolute Gasteiger partial charge is 0.454 e. The summed E-state index contributed by atoms with van der Waals surface area (Å²) in [5, 5.41) is 56.8. The highest BCUT2D eigenvalue weighted by molar-refractivity contribution is 5.80. The third kappa shape index (κ3) is 39.5. The number of carbonyl (C=O) groups is 2. The van der Waals surface area contributed by atoms with E-state index in [4.69, 9.17) is 14.2 Å². The molecule has 1 aliphatic heterocycles. The van der Waals surface area contributed by atoms with Gasteiger partial charge < -0.3 is 45.1 Å².